The molecule has 1 aromatic rings. The van der Waals surface area contributed by atoms with E-state index >= 15 is 0 Å². The van der Waals surface area contributed by atoms with Gasteiger partial charge in [-0.1, -0.05) is 11.6 Å². The number of nitrogens with zero attached hydrogens (tertiary/aromatic N) is 2. The molecule has 2 bridgehead atoms. The van der Waals surface area contributed by atoms with Crippen molar-refractivity contribution in [2.75, 3.05) is 50.6 Å². The van der Waals surface area contributed by atoms with E-state index in [2.05, 4.69) is 15.5 Å². The SMILES string of the molecule is CNc1c(Cl)cc(C(=O)NC2CN3CCC2CC3)c2c1N(C)C(=O)CO2. The van der Waals surface area contributed by atoms with Crippen molar-refractivity contribution < 1.29 is 14.3 Å². The lowest BCUT2D eigenvalue weighted by Gasteiger charge is -2.45. The van der Waals surface area contributed by atoms with Gasteiger partial charge in [-0.05, 0) is 37.9 Å². The van der Waals surface area contributed by atoms with E-state index in [1.165, 1.54) is 4.90 Å². The van der Waals surface area contributed by atoms with Crippen LogP contribution in [0.2, 0.25) is 5.02 Å². The predicted octanol–water partition coefficient (Wildman–Crippen LogP) is 1.56. The number of nitrogens with one attached hydrogen (secondary N) is 2. The topological polar surface area (TPSA) is 73.9 Å². The van der Waals surface area contributed by atoms with Crippen LogP contribution in [0.3, 0.4) is 0 Å². The molecule has 1 unspecified atom stereocenters. The molecule has 4 aliphatic heterocycles. The van der Waals surface area contributed by atoms with Gasteiger partial charge in [-0.15, -0.1) is 0 Å². The number of carbonyl (C=O) groups is 2. The number of halogens is 1. The summed E-state index contributed by atoms with van der Waals surface area (Å²) in [4.78, 5) is 28.9. The first-order chi connectivity index (χ1) is 12.5. The maximum absolute atomic E-state index is 13.0. The zero-order valence-corrected chi connectivity index (χ0v) is 15.7. The maximum Gasteiger partial charge on any atom is 0.264 e. The molecular formula is C18H23ClN4O3. The molecule has 1 atom stereocenters. The van der Waals surface area contributed by atoms with Crippen LogP contribution >= 0.6 is 11.6 Å². The summed E-state index contributed by atoms with van der Waals surface area (Å²) in [7, 11) is 3.39. The molecule has 2 N–H and O–H groups in total. The Bertz CT molecular complexity index is 761. The molecule has 0 spiro atoms. The molecule has 140 valence electrons. The number of amides is 2. The minimum Gasteiger partial charge on any atom is -0.481 e. The summed E-state index contributed by atoms with van der Waals surface area (Å²) < 4.78 is 5.65. The van der Waals surface area contributed by atoms with Gasteiger partial charge in [0.05, 0.1) is 16.3 Å². The largest absolute Gasteiger partial charge is 0.481 e. The average molecular weight is 379 g/mol. The normalized spacial score (nSPS) is 27.0. The van der Waals surface area contributed by atoms with E-state index in [9.17, 15) is 9.59 Å². The summed E-state index contributed by atoms with van der Waals surface area (Å²) in [5, 5.41) is 6.55. The lowest BCUT2D eigenvalue weighted by molar-refractivity contribution is -0.121. The fourth-order valence-corrected chi connectivity index (χ4v) is 4.51. The van der Waals surface area contributed by atoms with Crippen LogP contribution in [0, 0.1) is 5.92 Å². The summed E-state index contributed by atoms with van der Waals surface area (Å²) in [6, 6.07) is 1.76. The van der Waals surface area contributed by atoms with Crippen molar-refractivity contribution in [3.05, 3.63) is 16.7 Å². The number of hydrogen-bond donors (Lipinski definition) is 2. The molecule has 5 rings (SSSR count). The third kappa shape index (κ3) is 2.79. The van der Waals surface area contributed by atoms with Crippen molar-refractivity contribution in [3.63, 3.8) is 0 Å². The third-order valence-corrected chi connectivity index (χ3v) is 6.02. The Morgan fingerprint density at radius 3 is 2.69 bits per heavy atom. The Hall–Kier alpha value is -1.99. The number of carbonyl (C=O) groups excluding carboxylic acids is 2. The summed E-state index contributed by atoms with van der Waals surface area (Å²) in [5.41, 5.74) is 1.46. The standard InChI is InChI=1S/C18H23ClN4O3/c1-20-15-12(19)7-11(17-16(15)22(2)14(24)9-26-17)18(25)21-13-8-23-5-3-10(13)4-6-23/h7,10,13,20H,3-6,8-9H2,1-2H3,(H,21,25). The third-order valence-electron chi connectivity index (χ3n) is 5.72. The Morgan fingerprint density at radius 2 is 2.08 bits per heavy atom. The van der Waals surface area contributed by atoms with E-state index in [4.69, 9.17) is 16.3 Å². The number of ether oxygens (including phenoxy) is 1. The van der Waals surface area contributed by atoms with E-state index in [1.807, 2.05) is 0 Å². The maximum atomic E-state index is 13.0. The fraction of sp³-hybridized carbons (Fsp3) is 0.556. The van der Waals surface area contributed by atoms with Gasteiger partial charge in [-0.3, -0.25) is 9.59 Å². The number of anilines is 2. The highest BCUT2D eigenvalue weighted by atomic mass is 35.5. The summed E-state index contributed by atoms with van der Waals surface area (Å²) in [6.45, 7) is 3.03. The van der Waals surface area contributed by atoms with Crippen LogP contribution in [-0.4, -0.2) is 63.1 Å². The molecule has 0 saturated carbocycles. The van der Waals surface area contributed by atoms with Gasteiger partial charge in [-0.2, -0.15) is 0 Å². The van der Waals surface area contributed by atoms with Gasteiger partial charge in [-0.25, -0.2) is 0 Å². The number of hydrogen-bond acceptors (Lipinski definition) is 5. The summed E-state index contributed by atoms with van der Waals surface area (Å²) >= 11 is 6.39. The Labute approximate surface area is 157 Å². The van der Waals surface area contributed by atoms with Gasteiger partial charge in [0.15, 0.2) is 12.4 Å². The first-order valence-corrected chi connectivity index (χ1v) is 9.34. The van der Waals surface area contributed by atoms with Gasteiger partial charge in [0, 0.05) is 26.7 Å². The quantitative estimate of drug-likeness (QED) is 0.835. The molecule has 4 heterocycles. The van der Waals surface area contributed by atoms with E-state index in [0.29, 0.717) is 33.6 Å². The lowest BCUT2D eigenvalue weighted by Crippen LogP contribution is -2.57. The van der Waals surface area contributed by atoms with Crippen molar-refractivity contribution in [1.82, 2.24) is 10.2 Å². The minimum atomic E-state index is -0.202. The second-order valence-electron chi connectivity index (χ2n) is 7.17. The number of rotatable bonds is 3. The van der Waals surface area contributed by atoms with Crippen LogP contribution in [0.5, 0.6) is 5.75 Å². The molecule has 7 nitrogen and oxygen atoms in total. The molecule has 0 aromatic heterocycles. The highest BCUT2D eigenvalue weighted by Crippen LogP contribution is 2.45. The van der Waals surface area contributed by atoms with Gasteiger partial charge in [0.1, 0.15) is 5.69 Å². The molecule has 8 heteroatoms. The fourth-order valence-electron chi connectivity index (χ4n) is 4.22. The van der Waals surface area contributed by atoms with E-state index in [-0.39, 0.29) is 24.5 Å². The molecule has 2 amide bonds. The molecule has 0 aliphatic carbocycles. The van der Waals surface area contributed by atoms with Crippen LogP contribution in [0.1, 0.15) is 23.2 Å². The highest BCUT2D eigenvalue weighted by Gasteiger charge is 2.37. The van der Waals surface area contributed by atoms with Crippen molar-refractivity contribution >= 4 is 34.8 Å². The second-order valence-corrected chi connectivity index (χ2v) is 7.58. The second kappa shape index (κ2) is 6.63. The van der Waals surface area contributed by atoms with Crippen LogP contribution in [0.4, 0.5) is 11.4 Å². The Morgan fingerprint density at radius 1 is 1.35 bits per heavy atom. The Balaban J connectivity index is 1.67. The Kier molecular flexibility index (Phi) is 4.44. The first-order valence-electron chi connectivity index (χ1n) is 8.96. The number of likely N-dealkylation sites (N-methyl/N-ethyl adjacent to an activating group) is 1. The number of benzene rings is 1. The summed E-state index contributed by atoms with van der Waals surface area (Å²) in [6.07, 6.45) is 2.24. The van der Waals surface area contributed by atoms with E-state index in [0.717, 1.165) is 32.5 Å². The van der Waals surface area contributed by atoms with Crippen molar-refractivity contribution in [3.8, 4) is 5.75 Å². The minimum absolute atomic E-state index is 0.0889. The van der Waals surface area contributed by atoms with Crippen molar-refractivity contribution in [2.24, 2.45) is 5.92 Å². The molecule has 1 aromatic carbocycles. The van der Waals surface area contributed by atoms with Crippen LogP contribution in [0.25, 0.3) is 0 Å². The molecule has 3 saturated heterocycles. The van der Waals surface area contributed by atoms with E-state index in [1.54, 1.807) is 20.2 Å². The monoisotopic (exact) mass is 378 g/mol. The molecule has 4 aliphatic rings. The van der Waals surface area contributed by atoms with Gasteiger partial charge < -0.3 is 25.2 Å². The zero-order valence-electron chi connectivity index (χ0n) is 15.0. The lowest BCUT2D eigenvalue weighted by atomic mass is 9.84. The van der Waals surface area contributed by atoms with Crippen LogP contribution < -0.4 is 20.3 Å². The predicted molar refractivity (Wildman–Crippen MR) is 100 cm³/mol. The van der Waals surface area contributed by atoms with Crippen LogP contribution in [0.15, 0.2) is 6.07 Å². The molecule has 0 radical (unpaired) electrons. The number of fused-ring (bicyclic) bond motifs is 4. The average Bonchev–Trinajstić information content (AvgIpc) is 2.65. The smallest absolute Gasteiger partial charge is 0.264 e. The van der Waals surface area contributed by atoms with Crippen LogP contribution in [-0.2, 0) is 4.79 Å². The molecule has 26 heavy (non-hydrogen) atoms. The van der Waals surface area contributed by atoms with Gasteiger partial charge in [0.25, 0.3) is 11.8 Å². The highest BCUT2D eigenvalue weighted by molar-refractivity contribution is 6.35. The molecular weight excluding hydrogens is 356 g/mol. The van der Waals surface area contributed by atoms with Crippen molar-refractivity contribution in [1.29, 1.82) is 0 Å². The summed E-state index contributed by atoms with van der Waals surface area (Å²) in [5.74, 6) is 0.545. The van der Waals surface area contributed by atoms with Gasteiger partial charge >= 0.3 is 0 Å². The van der Waals surface area contributed by atoms with Gasteiger partial charge in [0.2, 0.25) is 0 Å². The first kappa shape index (κ1) is 17.4. The molecule has 3 fully saturated rings. The zero-order chi connectivity index (χ0) is 18.4. The van der Waals surface area contributed by atoms with E-state index < -0.39 is 0 Å². The van der Waals surface area contributed by atoms with Crippen molar-refractivity contribution in [2.45, 2.75) is 18.9 Å². The number of piperidine rings is 3.